The molecule has 0 aromatic heterocycles. The first kappa shape index (κ1) is 27.8. The monoisotopic (exact) mass is 524 g/mol. The quantitative estimate of drug-likeness (QED) is 0.326. The van der Waals surface area contributed by atoms with Gasteiger partial charge < -0.3 is 10.2 Å². The average molecular weight is 526 g/mol. The highest BCUT2D eigenvalue weighted by atomic mass is 35.5. The highest BCUT2D eigenvalue weighted by molar-refractivity contribution is 6.35. The van der Waals surface area contributed by atoms with E-state index in [-0.39, 0.29) is 30.7 Å². The molecule has 1 N–H and O–H groups in total. The fraction of sp³-hybridized carbons (Fsp3) is 0.333. The van der Waals surface area contributed by atoms with Crippen LogP contribution >= 0.6 is 23.2 Å². The van der Waals surface area contributed by atoms with Crippen LogP contribution in [0.15, 0.2) is 66.7 Å². The van der Waals surface area contributed by atoms with Crippen molar-refractivity contribution in [3.63, 3.8) is 0 Å². The fourth-order valence-electron chi connectivity index (χ4n) is 4.07. The highest BCUT2D eigenvalue weighted by Crippen LogP contribution is 2.25. The Morgan fingerprint density at radius 2 is 1.64 bits per heavy atom. The molecule has 0 unspecified atom stereocenters. The minimum absolute atomic E-state index is 0.129. The van der Waals surface area contributed by atoms with E-state index in [2.05, 4.69) is 5.32 Å². The molecular weight excluding hydrogens is 491 g/mol. The number of carbonyl (C=O) groups excluding carboxylic acids is 2. The molecule has 0 saturated heterocycles. The lowest BCUT2D eigenvalue weighted by molar-refractivity contribution is -0.140. The third-order valence-corrected chi connectivity index (χ3v) is 6.74. The number of hydrogen-bond acceptors (Lipinski definition) is 2. The second kappa shape index (κ2) is 12.9. The minimum Gasteiger partial charge on any atom is -0.354 e. The lowest BCUT2D eigenvalue weighted by Gasteiger charge is -2.32. The van der Waals surface area contributed by atoms with Gasteiger partial charge in [0.15, 0.2) is 0 Å². The van der Waals surface area contributed by atoms with Gasteiger partial charge in [0, 0.05) is 29.6 Å². The lowest BCUT2D eigenvalue weighted by atomic mass is 9.99. The van der Waals surface area contributed by atoms with E-state index < -0.39 is 6.04 Å². The molecule has 3 aromatic rings. The Morgan fingerprint density at radius 3 is 2.31 bits per heavy atom. The molecule has 0 fully saturated rings. The van der Waals surface area contributed by atoms with Crippen LogP contribution in [-0.4, -0.2) is 29.3 Å². The van der Waals surface area contributed by atoms with Crippen LogP contribution in [0.4, 0.5) is 0 Å². The van der Waals surface area contributed by atoms with Crippen LogP contribution in [0.2, 0.25) is 10.0 Å². The maximum atomic E-state index is 13.9. The summed E-state index contributed by atoms with van der Waals surface area (Å²) in [4.78, 5) is 29.1. The van der Waals surface area contributed by atoms with Crippen molar-refractivity contribution in [2.75, 3.05) is 6.54 Å². The van der Waals surface area contributed by atoms with E-state index in [1.807, 2.05) is 82.3 Å². The molecule has 36 heavy (non-hydrogen) atoms. The maximum Gasteiger partial charge on any atom is 0.243 e. The molecule has 0 radical (unpaired) electrons. The zero-order valence-electron chi connectivity index (χ0n) is 21.4. The standard InChI is InChI=1S/C30H34Cl2N2O2/c1-20(2)18-33-30(36)28(15-23-8-6-5-7-9-23)34(19-24-12-13-26(31)17-27(24)32)29(35)16-25-14-21(3)10-11-22(25)4/h5-14,17,20,28H,15-16,18-19H2,1-4H3,(H,33,36)/t28-/m0/s1. The molecule has 6 heteroatoms. The van der Waals surface area contributed by atoms with Gasteiger partial charge in [0.1, 0.15) is 6.04 Å². The Labute approximate surface area is 224 Å². The van der Waals surface area contributed by atoms with Crippen molar-refractivity contribution in [2.24, 2.45) is 5.92 Å². The Kier molecular flexibility index (Phi) is 9.98. The van der Waals surface area contributed by atoms with Crippen LogP contribution in [0, 0.1) is 19.8 Å². The number of rotatable bonds is 10. The van der Waals surface area contributed by atoms with Crippen molar-refractivity contribution in [3.8, 4) is 0 Å². The second-order valence-corrected chi connectivity index (χ2v) is 10.6. The molecule has 0 saturated carbocycles. The van der Waals surface area contributed by atoms with Crippen LogP contribution in [0.25, 0.3) is 0 Å². The normalized spacial score (nSPS) is 11.9. The van der Waals surface area contributed by atoms with Gasteiger partial charge in [-0.25, -0.2) is 0 Å². The van der Waals surface area contributed by atoms with Gasteiger partial charge in [0.05, 0.1) is 6.42 Å². The Balaban J connectivity index is 2.01. The van der Waals surface area contributed by atoms with Crippen molar-refractivity contribution in [2.45, 2.75) is 53.1 Å². The summed E-state index contributed by atoms with van der Waals surface area (Å²) < 4.78 is 0. The largest absolute Gasteiger partial charge is 0.354 e. The van der Waals surface area contributed by atoms with Gasteiger partial charge in [-0.15, -0.1) is 0 Å². The zero-order valence-corrected chi connectivity index (χ0v) is 22.9. The summed E-state index contributed by atoms with van der Waals surface area (Å²) >= 11 is 12.6. The molecule has 0 spiro atoms. The van der Waals surface area contributed by atoms with E-state index in [4.69, 9.17) is 23.2 Å². The Bertz CT molecular complexity index is 1190. The number of amides is 2. The number of nitrogens with zero attached hydrogens (tertiary/aromatic N) is 1. The van der Waals surface area contributed by atoms with Gasteiger partial charge >= 0.3 is 0 Å². The number of benzene rings is 3. The average Bonchev–Trinajstić information content (AvgIpc) is 2.83. The molecular formula is C30H34Cl2N2O2. The number of aryl methyl sites for hydroxylation is 2. The molecule has 190 valence electrons. The van der Waals surface area contributed by atoms with Crippen molar-refractivity contribution in [3.05, 3.63) is 105 Å². The van der Waals surface area contributed by atoms with E-state index >= 15 is 0 Å². The van der Waals surface area contributed by atoms with Gasteiger partial charge in [0.25, 0.3) is 0 Å². The van der Waals surface area contributed by atoms with Crippen LogP contribution in [-0.2, 0) is 29.0 Å². The molecule has 4 nitrogen and oxygen atoms in total. The van der Waals surface area contributed by atoms with Crippen LogP contribution in [0.1, 0.15) is 41.7 Å². The third-order valence-electron chi connectivity index (χ3n) is 6.16. The van der Waals surface area contributed by atoms with Gasteiger partial charge in [-0.05, 0) is 54.2 Å². The van der Waals surface area contributed by atoms with E-state index in [9.17, 15) is 9.59 Å². The first-order valence-electron chi connectivity index (χ1n) is 12.2. The summed E-state index contributed by atoms with van der Waals surface area (Å²) in [5, 5.41) is 4.03. The Hall–Kier alpha value is -2.82. The summed E-state index contributed by atoms with van der Waals surface area (Å²) in [6.07, 6.45) is 0.593. The zero-order chi connectivity index (χ0) is 26.2. The first-order chi connectivity index (χ1) is 17.1. The smallest absolute Gasteiger partial charge is 0.243 e. The molecule has 0 bridgehead atoms. The Morgan fingerprint density at radius 1 is 0.917 bits per heavy atom. The maximum absolute atomic E-state index is 13.9. The number of halogens is 2. The molecule has 3 rings (SSSR count). The van der Waals surface area contributed by atoms with Crippen molar-refractivity contribution < 1.29 is 9.59 Å². The number of nitrogens with one attached hydrogen (secondary N) is 1. The SMILES string of the molecule is Cc1ccc(C)c(CC(=O)N(Cc2ccc(Cl)cc2Cl)[C@@H](Cc2ccccc2)C(=O)NCC(C)C)c1. The van der Waals surface area contributed by atoms with E-state index in [0.29, 0.717) is 23.0 Å². The molecule has 2 amide bonds. The van der Waals surface area contributed by atoms with Gasteiger partial charge in [-0.3, -0.25) is 9.59 Å². The summed E-state index contributed by atoms with van der Waals surface area (Å²) in [7, 11) is 0. The molecule has 0 aliphatic carbocycles. The molecule has 1 atom stereocenters. The van der Waals surface area contributed by atoms with Crippen LogP contribution < -0.4 is 5.32 Å². The minimum atomic E-state index is -0.699. The highest BCUT2D eigenvalue weighted by Gasteiger charge is 2.31. The van der Waals surface area contributed by atoms with E-state index in [1.54, 1.807) is 17.0 Å². The van der Waals surface area contributed by atoms with Crippen molar-refractivity contribution >= 4 is 35.0 Å². The molecule has 0 heterocycles. The van der Waals surface area contributed by atoms with E-state index in [0.717, 1.165) is 27.8 Å². The predicted molar refractivity (Wildman–Crippen MR) is 148 cm³/mol. The van der Waals surface area contributed by atoms with Gasteiger partial charge in [-0.1, -0.05) is 97.2 Å². The lowest BCUT2D eigenvalue weighted by Crippen LogP contribution is -2.51. The summed E-state index contributed by atoms with van der Waals surface area (Å²) in [5.74, 6) is -0.0153. The van der Waals surface area contributed by atoms with Gasteiger partial charge in [0.2, 0.25) is 11.8 Å². The topological polar surface area (TPSA) is 49.4 Å². The van der Waals surface area contributed by atoms with E-state index in [1.165, 1.54) is 0 Å². The third kappa shape index (κ3) is 7.84. The summed E-state index contributed by atoms with van der Waals surface area (Å²) in [6, 6.07) is 20.4. The fourth-order valence-corrected chi connectivity index (χ4v) is 4.53. The van der Waals surface area contributed by atoms with Crippen LogP contribution in [0.3, 0.4) is 0 Å². The summed E-state index contributed by atoms with van der Waals surface area (Å²) in [5.41, 5.74) is 4.81. The molecule has 3 aromatic carbocycles. The second-order valence-electron chi connectivity index (χ2n) is 9.71. The molecule has 0 aliphatic heterocycles. The van der Waals surface area contributed by atoms with Crippen LogP contribution in [0.5, 0.6) is 0 Å². The predicted octanol–water partition coefficient (Wildman–Crippen LogP) is 6.57. The molecule has 0 aliphatic rings. The van der Waals surface area contributed by atoms with Gasteiger partial charge in [-0.2, -0.15) is 0 Å². The number of hydrogen-bond donors (Lipinski definition) is 1. The summed E-state index contributed by atoms with van der Waals surface area (Å²) in [6.45, 7) is 8.83. The number of carbonyl (C=O) groups is 2. The van der Waals surface area contributed by atoms with Crippen molar-refractivity contribution in [1.82, 2.24) is 10.2 Å². The first-order valence-corrected chi connectivity index (χ1v) is 13.0. The van der Waals surface area contributed by atoms with Crippen molar-refractivity contribution in [1.29, 1.82) is 0 Å².